The quantitative estimate of drug-likeness (QED) is 0.638. The number of para-hydroxylation sites is 1. The molecule has 2 aliphatic heterocycles. The van der Waals surface area contributed by atoms with E-state index in [1.165, 1.54) is 5.39 Å². The molecule has 1 unspecified atom stereocenters. The Bertz CT molecular complexity index is 1040. The van der Waals surface area contributed by atoms with Crippen LogP contribution in [0.5, 0.6) is 0 Å². The van der Waals surface area contributed by atoms with Crippen LogP contribution >= 0.6 is 0 Å². The second-order valence-electron chi connectivity index (χ2n) is 8.79. The molecule has 3 aromatic rings. The van der Waals surface area contributed by atoms with Crippen molar-refractivity contribution in [2.75, 3.05) is 45.8 Å². The first-order chi connectivity index (χ1) is 15.2. The second kappa shape index (κ2) is 8.85. The molecule has 0 radical (unpaired) electrons. The molecule has 0 saturated carbocycles. The highest BCUT2D eigenvalue weighted by molar-refractivity contribution is 5.89. The highest BCUT2D eigenvalue weighted by atomic mass is 16.2. The predicted octanol–water partition coefficient (Wildman–Crippen LogP) is 3.55. The summed E-state index contributed by atoms with van der Waals surface area (Å²) in [5.74, 6) is 0.230. The van der Waals surface area contributed by atoms with Gasteiger partial charge in [-0.2, -0.15) is 0 Å². The Morgan fingerprint density at radius 3 is 2.45 bits per heavy atom. The van der Waals surface area contributed by atoms with Gasteiger partial charge in [0.05, 0.1) is 0 Å². The van der Waals surface area contributed by atoms with Gasteiger partial charge in [-0.25, -0.2) is 0 Å². The predicted molar refractivity (Wildman–Crippen MR) is 126 cm³/mol. The van der Waals surface area contributed by atoms with Crippen molar-refractivity contribution in [1.29, 1.82) is 0 Å². The Labute approximate surface area is 184 Å². The fourth-order valence-electron chi connectivity index (χ4n) is 5.18. The van der Waals surface area contributed by atoms with Crippen molar-refractivity contribution in [2.24, 2.45) is 0 Å². The van der Waals surface area contributed by atoms with Crippen LogP contribution < -0.4 is 0 Å². The van der Waals surface area contributed by atoms with Crippen molar-refractivity contribution in [3.05, 3.63) is 60.7 Å². The number of likely N-dealkylation sites (N-methyl/N-ethyl adjacent to an activating group) is 1. The van der Waals surface area contributed by atoms with Crippen molar-refractivity contribution in [3.8, 4) is 11.3 Å². The van der Waals surface area contributed by atoms with Gasteiger partial charge in [-0.3, -0.25) is 9.69 Å². The summed E-state index contributed by atoms with van der Waals surface area (Å²) in [6.07, 6.45) is 1.09. The number of amides is 1. The molecule has 162 valence electrons. The zero-order valence-corrected chi connectivity index (χ0v) is 18.4. The van der Waals surface area contributed by atoms with Gasteiger partial charge >= 0.3 is 0 Å². The number of benzene rings is 2. The van der Waals surface area contributed by atoms with Crippen LogP contribution in [-0.4, -0.2) is 77.0 Å². The number of hydrogen-bond donors (Lipinski definition) is 0. The maximum atomic E-state index is 13.3. The second-order valence-corrected chi connectivity index (χ2v) is 8.79. The van der Waals surface area contributed by atoms with Crippen LogP contribution in [0.1, 0.15) is 13.3 Å². The molecule has 0 bridgehead atoms. The van der Waals surface area contributed by atoms with Gasteiger partial charge in [0.25, 0.3) is 0 Å². The molecule has 5 rings (SSSR count). The number of fused-ring (bicyclic) bond motifs is 1. The van der Waals surface area contributed by atoms with Gasteiger partial charge in [0.2, 0.25) is 5.91 Å². The minimum atomic E-state index is 0.230. The van der Waals surface area contributed by atoms with Crippen LogP contribution in [0.4, 0.5) is 0 Å². The molecule has 31 heavy (non-hydrogen) atoms. The zero-order chi connectivity index (χ0) is 21.2. The molecule has 1 atom stereocenters. The van der Waals surface area contributed by atoms with Gasteiger partial charge in [-0.15, -0.1) is 0 Å². The smallest absolute Gasteiger partial charge is 0.242 e. The molecule has 0 aliphatic carbocycles. The molecule has 5 heteroatoms. The molecule has 0 N–H and O–H groups in total. The minimum absolute atomic E-state index is 0.230. The summed E-state index contributed by atoms with van der Waals surface area (Å²) in [6, 6.07) is 21.5. The van der Waals surface area contributed by atoms with Gasteiger partial charge < -0.3 is 14.4 Å². The fourth-order valence-corrected chi connectivity index (χ4v) is 5.18. The third-order valence-corrected chi connectivity index (χ3v) is 7.06. The lowest BCUT2D eigenvalue weighted by Crippen LogP contribution is -2.51. The zero-order valence-electron chi connectivity index (χ0n) is 18.4. The minimum Gasteiger partial charge on any atom is -0.340 e. The van der Waals surface area contributed by atoms with E-state index in [2.05, 4.69) is 80.8 Å². The molecule has 2 aliphatic rings. The largest absolute Gasteiger partial charge is 0.340 e. The SMILES string of the molecule is CCN1CCN(C2CCN(C(=O)Cn3c(-c4ccccc4)cc4ccccc43)C2)CC1. The van der Waals surface area contributed by atoms with E-state index in [4.69, 9.17) is 0 Å². The number of rotatable bonds is 5. The first kappa shape index (κ1) is 20.3. The molecule has 5 nitrogen and oxygen atoms in total. The van der Waals surface area contributed by atoms with Crippen LogP contribution in [0, 0.1) is 0 Å². The summed E-state index contributed by atoms with van der Waals surface area (Å²) < 4.78 is 2.19. The molecule has 2 fully saturated rings. The lowest BCUT2D eigenvalue weighted by molar-refractivity contribution is -0.130. The third-order valence-electron chi connectivity index (χ3n) is 7.06. The van der Waals surface area contributed by atoms with Crippen LogP contribution in [-0.2, 0) is 11.3 Å². The van der Waals surface area contributed by atoms with Crippen molar-refractivity contribution >= 4 is 16.8 Å². The topological polar surface area (TPSA) is 31.7 Å². The van der Waals surface area contributed by atoms with Gasteiger partial charge in [-0.05, 0) is 30.7 Å². The molecule has 2 aromatic carbocycles. The Balaban J connectivity index is 1.32. The van der Waals surface area contributed by atoms with E-state index < -0.39 is 0 Å². The van der Waals surface area contributed by atoms with Gasteiger partial charge in [0.1, 0.15) is 6.54 Å². The van der Waals surface area contributed by atoms with E-state index in [1.807, 2.05) is 6.07 Å². The van der Waals surface area contributed by atoms with E-state index in [-0.39, 0.29) is 5.91 Å². The van der Waals surface area contributed by atoms with Gasteiger partial charge in [0.15, 0.2) is 0 Å². The van der Waals surface area contributed by atoms with Crippen LogP contribution in [0.25, 0.3) is 22.2 Å². The number of likely N-dealkylation sites (tertiary alicyclic amines) is 1. The number of piperazine rings is 1. The van der Waals surface area contributed by atoms with Gasteiger partial charge in [-0.1, -0.05) is 55.5 Å². The van der Waals surface area contributed by atoms with Crippen molar-refractivity contribution < 1.29 is 4.79 Å². The first-order valence-electron chi connectivity index (χ1n) is 11.6. The van der Waals surface area contributed by atoms with E-state index in [0.29, 0.717) is 12.6 Å². The Hall–Kier alpha value is -2.63. The standard InChI is InChI=1S/C26H32N4O/c1-2-27-14-16-28(17-15-27)23-12-13-29(19-23)26(31)20-30-24-11-7-6-10-22(24)18-25(30)21-8-4-3-5-9-21/h3-11,18,23H,2,12-17,19-20H2,1H3. The monoisotopic (exact) mass is 416 g/mol. The van der Waals surface area contributed by atoms with E-state index in [9.17, 15) is 4.79 Å². The number of carbonyl (C=O) groups excluding carboxylic acids is 1. The van der Waals surface area contributed by atoms with E-state index >= 15 is 0 Å². The lowest BCUT2D eigenvalue weighted by atomic mass is 10.1. The van der Waals surface area contributed by atoms with E-state index in [1.54, 1.807) is 0 Å². The van der Waals surface area contributed by atoms with Gasteiger partial charge in [0, 0.05) is 61.9 Å². The average molecular weight is 417 g/mol. The Morgan fingerprint density at radius 1 is 0.935 bits per heavy atom. The molecular formula is C26H32N4O. The number of carbonyl (C=O) groups is 1. The normalized spacial score (nSPS) is 20.5. The molecule has 0 spiro atoms. The molecular weight excluding hydrogens is 384 g/mol. The molecule has 1 aromatic heterocycles. The fraction of sp³-hybridized carbons (Fsp3) is 0.423. The molecule has 1 amide bonds. The summed E-state index contributed by atoms with van der Waals surface area (Å²) in [5, 5.41) is 1.18. The van der Waals surface area contributed by atoms with E-state index in [0.717, 1.165) is 69.0 Å². The lowest BCUT2D eigenvalue weighted by Gasteiger charge is -2.37. The Morgan fingerprint density at radius 2 is 1.68 bits per heavy atom. The summed E-state index contributed by atoms with van der Waals surface area (Å²) >= 11 is 0. The summed E-state index contributed by atoms with van der Waals surface area (Å²) in [6.45, 7) is 10.1. The number of nitrogens with zero attached hydrogens (tertiary/aromatic N) is 4. The average Bonchev–Trinajstić information content (AvgIpc) is 3.46. The number of hydrogen-bond acceptors (Lipinski definition) is 3. The van der Waals surface area contributed by atoms with Crippen LogP contribution in [0.2, 0.25) is 0 Å². The molecule has 2 saturated heterocycles. The van der Waals surface area contributed by atoms with Crippen molar-refractivity contribution in [3.63, 3.8) is 0 Å². The highest BCUT2D eigenvalue weighted by Crippen LogP contribution is 2.29. The molecule has 3 heterocycles. The first-order valence-corrected chi connectivity index (χ1v) is 11.6. The van der Waals surface area contributed by atoms with Crippen molar-refractivity contribution in [1.82, 2.24) is 19.3 Å². The summed E-state index contributed by atoms with van der Waals surface area (Å²) in [4.78, 5) is 20.5. The maximum absolute atomic E-state index is 13.3. The van der Waals surface area contributed by atoms with Crippen LogP contribution in [0.3, 0.4) is 0 Å². The van der Waals surface area contributed by atoms with Crippen LogP contribution in [0.15, 0.2) is 60.7 Å². The maximum Gasteiger partial charge on any atom is 0.242 e. The Kier molecular flexibility index (Phi) is 5.79. The highest BCUT2D eigenvalue weighted by Gasteiger charge is 2.32. The number of aromatic nitrogens is 1. The summed E-state index contributed by atoms with van der Waals surface area (Å²) in [7, 11) is 0. The third kappa shape index (κ3) is 4.12. The summed E-state index contributed by atoms with van der Waals surface area (Å²) in [5.41, 5.74) is 3.39. The van der Waals surface area contributed by atoms with Crippen molar-refractivity contribution in [2.45, 2.75) is 25.9 Å².